The molecule has 8 heteroatoms. The normalized spacial score (nSPS) is 12.4. The van der Waals surface area contributed by atoms with Gasteiger partial charge in [-0.25, -0.2) is 9.97 Å². The van der Waals surface area contributed by atoms with Gasteiger partial charge < -0.3 is 16.0 Å². The van der Waals surface area contributed by atoms with E-state index in [0.29, 0.717) is 0 Å². The molecule has 0 amide bonds. The average molecular weight is 375 g/mol. The number of nitrogens with zero attached hydrogens (tertiary/aromatic N) is 5. The van der Waals surface area contributed by atoms with E-state index in [9.17, 15) is 0 Å². The Labute approximate surface area is 162 Å². The Hall–Kier alpha value is -2.38. The van der Waals surface area contributed by atoms with Gasteiger partial charge in [0.25, 0.3) is 0 Å². The lowest BCUT2D eigenvalue weighted by Gasteiger charge is -2.26. The number of aryl methyl sites for hydroxylation is 1. The van der Waals surface area contributed by atoms with Gasteiger partial charge in [0, 0.05) is 33.7 Å². The summed E-state index contributed by atoms with van der Waals surface area (Å²) in [6, 6.07) is 0. The monoisotopic (exact) mass is 374 g/mol. The second-order valence-electron chi connectivity index (χ2n) is 7.63. The Morgan fingerprint density at radius 1 is 1.19 bits per heavy atom. The van der Waals surface area contributed by atoms with Gasteiger partial charge in [-0.1, -0.05) is 40.0 Å². The molecule has 2 aromatic heterocycles. The number of anilines is 1. The number of hydrogen-bond acceptors (Lipinski definition) is 5. The van der Waals surface area contributed by atoms with Crippen molar-refractivity contribution in [3.05, 3.63) is 12.5 Å². The molecule has 27 heavy (non-hydrogen) atoms. The van der Waals surface area contributed by atoms with Crippen molar-refractivity contribution in [3.63, 3.8) is 0 Å². The molecular weight excluding hydrogens is 340 g/mol. The second kappa shape index (κ2) is 10.1. The number of guanidine groups is 1. The Balaban J connectivity index is 1.74. The summed E-state index contributed by atoms with van der Waals surface area (Å²) in [6.07, 6.45) is 8.41. The van der Waals surface area contributed by atoms with E-state index in [1.54, 1.807) is 24.3 Å². The van der Waals surface area contributed by atoms with Crippen LogP contribution in [0.1, 0.15) is 46.5 Å². The Bertz CT molecular complexity index is 734. The molecule has 0 unspecified atom stereocenters. The summed E-state index contributed by atoms with van der Waals surface area (Å²) in [5, 5.41) is 15.3. The lowest BCUT2D eigenvalue weighted by atomic mass is 9.87. The molecule has 0 aliphatic carbocycles. The van der Waals surface area contributed by atoms with E-state index in [1.807, 2.05) is 7.05 Å². The van der Waals surface area contributed by atoms with Crippen molar-refractivity contribution < 1.29 is 0 Å². The summed E-state index contributed by atoms with van der Waals surface area (Å²) in [5.41, 5.74) is 1.08. The molecule has 150 valence electrons. The minimum Gasteiger partial charge on any atom is -0.368 e. The smallest absolute Gasteiger partial charge is 0.191 e. The highest BCUT2D eigenvalue weighted by atomic mass is 15.3. The van der Waals surface area contributed by atoms with Crippen LogP contribution in [0.5, 0.6) is 0 Å². The van der Waals surface area contributed by atoms with Gasteiger partial charge in [-0.3, -0.25) is 9.67 Å². The molecule has 0 radical (unpaired) electrons. The maximum atomic E-state index is 4.31. The van der Waals surface area contributed by atoms with Crippen LogP contribution in [-0.2, 0) is 7.05 Å². The number of fused-ring (bicyclic) bond motifs is 1. The zero-order valence-electron chi connectivity index (χ0n) is 17.3. The van der Waals surface area contributed by atoms with Gasteiger partial charge in [0.1, 0.15) is 12.1 Å². The van der Waals surface area contributed by atoms with Gasteiger partial charge in [0.15, 0.2) is 11.6 Å². The van der Waals surface area contributed by atoms with Crippen molar-refractivity contribution >= 4 is 22.8 Å². The largest absolute Gasteiger partial charge is 0.368 e. The second-order valence-corrected chi connectivity index (χ2v) is 7.63. The Kier molecular flexibility index (Phi) is 7.82. The summed E-state index contributed by atoms with van der Waals surface area (Å²) >= 11 is 0. The first-order valence-electron chi connectivity index (χ1n) is 9.78. The van der Waals surface area contributed by atoms with Crippen LogP contribution < -0.4 is 16.0 Å². The third kappa shape index (κ3) is 6.37. The minimum atomic E-state index is 0.262. The van der Waals surface area contributed by atoms with Gasteiger partial charge >= 0.3 is 0 Å². The molecule has 0 spiro atoms. The molecule has 2 heterocycles. The van der Waals surface area contributed by atoms with E-state index in [0.717, 1.165) is 42.4 Å². The fraction of sp³-hybridized carbons (Fsp3) is 0.684. The third-order valence-electron chi connectivity index (χ3n) is 4.65. The van der Waals surface area contributed by atoms with Crippen LogP contribution in [-0.4, -0.2) is 52.4 Å². The molecule has 0 aliphatic rings. The molecule has 0 atom stereocenters. The quantitative estimate of drug-likeness (QED) is 0.336. The van der Waals surface area contributed by atoms with Crippen molar-refractivity contribution in [1.29, 1.82) is 0 Å². The maximum Gasteiger partial charge on any atom is 0.191 e. The van der Waals surface area contributed by atoms with E-state index in [1.165, 1.54) is 25.7 Å². The highest BCUT2D eigenvalue weighted by molar-refractivity contribution is 5.86. The molecule has 8 nitrogen and oxygen atoms in total. The van der Waals surface area contributed by atoms with Crippen LogP contribution in [0, 0.1) is 5.41 Å². The van der Waals surface area contributed by atoms with Crippen molar-refractivity contribution in [2.45, 2.75) is 46.5 Å². The van der Waals surface area contributed by atoms with Crippen molar-refractivity contribution in [2.24, 2.45) is 17.5 Å². The molecule has 2 rings (SSSR count). The van der Waals surface area contributed by atoms with Gasteiger partial charge in [-0.2, -0.15) is 5.10 Å². The van der Waals surface area contributed by atoms with E-state index in [-0.39, 0.29) is 5.41 Å². The SMILES string of the molecule is CCCCCC(C)(C)CNC(=NC)NCCNc1ncnc2c1cnn2C. The average Bonchev–Trinajstić information content (AvgIpc) is 3.03. The summed E-state index contributed by atoms with van der Waals surface area (Å²) in [5.74, 6) is 1.63. The maximum absolute atomic E-state index is 4.31. The third-order valence-corrected chi connectivity index (χ3v) is 4.65. The van der Waals surface area contributed by atoms with E-state index in [2.05, 4.69) is 56.8 Å². The fourth-order valence-corrected chi connectivity index (χ4v) is 2.95. The summed E-state index contributed by atoms with van der Waals surface area (Å²) < 4.78 is 1.74. The first-order valence-corrected chi connectivity index (χ1v) is 9.78. The minimum absolute atomic E-state index is 0.262. The molecule has 0 saturated carbocycles. The number of aliphatic imine (C=N–C) groups is 1. The van der Waals surface area contributed by atoms with Crippen LogP contribution in [0.3, 0.4) is 0 Å². The molecule has 0 bridgehead atoms. The van der Waals surface area contributed by atoms with E-state index >= 15 is 0 Å². The molecule has 0 fully saturated rings. The number of nitrogens with one attached hydrogen (secondary N) is 3. The molecule has 2 aromatic rings. The fourth-order valence-electron chi connectivity index (χ4n) is 2.95. The molecule has 0 aliphatic heterocycles. The van der Waals surface area contributed by atoms with Gasteiger partial charge in [-0.05, 0) is 11.8 Å². The predicted octanol–water partition coefficient (Wildman–Crippen LogP) is 2.55. The van der Waals surface area contributed by atoms with Gasteiger partial charge in [0.2, 0.25) is 0 Å². The Morgan fingerprint density at radius 3 is 2.74 bits per heavy atom. The van der Waals surface area contributed by atoms with Gasteiger partial charge in [-0.15, -0.1) is 0 Å². The summed E-state index contributed by atoms with van der Waals surface area (Å²) in [6.45, 7) is 9.22. The first kappa shape index (κ1) is 20.9. The van der Waals surface area contributed by atoms with Crippen LogP contribution in [0.25, 0.3) is 11.0 Å². The first-order chi connectivity index (χ1) is 13.0. The molecule has 0 aromatic carbocycles. The highest BCUT2D eigenvalue weighted by Gasteiger charge is 2.17. The van der Waals surface area contributed by atoms with Crippen molar-refractivity contribution in [1.82, 2.24) is 30.4 Å². The zero-order valence-corrected chi connectivity index (χ0v) is 17.3. The lowest BCUT2D eigenvalue weighted by Crippen LogP contribution is -2.43. The van der Waals surface area contributed by atoms with Crippen LogP contribution in [0.4, 0.5) is 5.82 Å². The Morgan fingerprint density at radius 2 is 2.00 bits per heavy atom. The van der Waals surface area contributed by atoms with Crippen molar-refractivity contribution in [3.8, 4) is 0 Å². The number of hydrogen-bond donors (Lipinski definition) is 3. The van der Waals surface area contributed by atoms with Gasteiger partial charge in [0.05, 0.1) is 11.6 Å². The molecular formula is C19H34N8. The van der Waals surface area contributed by atoms with E-state index in [4.69, 9.17) is 0 Å². The van der Waals surface area contributed by atoms with E-state index < -0.39 is 0 Å². The zero-order chi connectivity index (χ0) is 19.7. The van der Waals surface area contributed by atoms with Crippen LogP contribution >= 0.6 is 0 Å². The number of rotatable bonds is 10. The van der Waals surface area contributed by atoms with Crippen LogP contribution in [0.15, 0.2) is 17.5 Å². The topological polar surface area (TPSA) is 92.1 Å². The number of unbranched alkanes of at least 4 members (excludes halogenated alkanes) is 2. The molecule has 0 saturated heterocycles. The number of aromatic nitrogens is 4. The lowest BCUT2D eigenvalue weighted by molar-refractivity contribution is 0.318. The summed E-state index contributed by atoms with van der Waals surface area (Å²) in [7, 11) is 3.68. The predicted molar refractivity (Wildman–Crippen MR) is 112 cm³/mol. The molecule has 3 N–H and O–H groups in total. The van der Waals surface area contributed by atoms with Crippen molar-refractivity contribution in [2.75, 3.05) is 32.0 Å². The van der Waals surface area contributed by atoms with Crippen LogP contribution in [0.2, 0.25) is 0 Å². The summed E-state index contributed by atoms with van der Waals surface area (Å²) in [4.78, 5) is 12.9. The standard InChI is InChI=1S/C19H34N8/c1-6-7-8-9-19(2,3)13-23-18(20-4)22-11-10-21-16-15-12-26-27(5)17(15)25-14-24-16/h12,14H,6-11,13H2,1-5H3,(H2,20,22,23)(H,21,24,25). The highest BCUT2D eigenvalue weighted by Crippen LogP contribution is 2.22.